The molecule has 5 nitrogen and oxygen atoms in total. The summed E-state index contributed by atoms with van der Waals surface area (Å²) in [5.74, 6) is 0. The van der Waals surface area contributed by atoms with Crippen LogP contribution >= 0.6 is 34.5 Å². The largest absolute Gasteiger partial charge is 0.431 e. The summed E-state index contributed by atoms with van der Waals surface area (Å²) in [6.07, 6.45) is -4.85. The third kappa shape index (κ3) is 2.72. The van der Waals surface area contributed by atoms with E-state index in [0.717, 1.165) is 11.3 Å². The molecular formula is C13H6Cl2F3N3O2S. The van der Waals surface area contributed by atoms with Crippen molar-refractivity contribution in [1.82, 2.24) is 14.5 Å². The molecule has 0 saturated heterocycles. The van der Waals surface area contributed by atoms with Crippen LogP contribution in [0.15, 0.2) is 21.7 Å². The van der Waals surface area contributed by atoms with Gasteiger partial charge in [-0.2, -0.15) is 13.2 Å². The van der Waals surface area contributed by atoms with Crippen LogP contribution in [-0.4, -0.2) is 14.5 Å². The minimum Gasteiger partial charge on any atom is -0.303 e. The topological polar surface area (TPSA) is 67.8 Å². The average Bonchev–Trinajstić information content (AvgIpc) is 2.82. The summed E-state index contributed by atoms with van der Waals surface area (Å²) in [4.78, 5) is 30.0. The van der Waals surface area contributed by atoms with Crippen LogP contribution in [0.2, 0.25) is 10.0 Å². The summed E-state index contributed by atoms with van der Waals surface area (Å²) < 4.78 is 39.0. The molecule has 0 unspecified atom stereocenters. The van der Waals surface area contributed by atoms with Gasteiger partial charge in [-0.1, -0.05) is 23.2 Å². The van der Waals surface area contributed by atoms with Crippen LogP contribution in [0.5, 0.6) is 0 Å². The Morgan fingerprint density at radius 3 is 2.46 bits per heavy atom. The second-order valence-corrected chi connectivity index (χ2v) is 6.78. The standard InChI is InChI=1S/C13H6Cl2F3N3O2S/c1-4-19-9-5(14)2-6(15)10(11(9)24-4)21-8(22)3-7(13(16,17)18)20-12(21)23/h2-3H,1H3,(H,20,23). The molecule has 0 aliphatic rings. The van der Waals surface area contributed by atoms with Gasteiger partial charge in [0.1, 0.15) is 11.2 Å². The second kappa shape index (κ2) is 5.61. The van der Waals surface area contributed by atoms with Gasteiger partial charge in [-0.05, 0) is 13.0 Å². The molecule has 0 bridgehead atoms. The van der Waals surface area contributed by atoms with Crippen molar-refractivity contribution in [1.29, 1.82) is 0 Å². The van der Waals surface area contributed by atoms with Gasteiger partial charge in [-0.15, -0.1) is 11.3 Å². The average molecular weight is 396 g/mol. The molecular weight excluding hydrogens is 390 g/mol. The summed E-state index contributed by atoms with van der Waals surface area (Å²) in [7, 11) is 0. The number of halogens is 5. The Bertz CT molecular complexity index is 1050. The predicted molar refractivity (Wildman–Crippen MR) is 85.6 cm³/mol. The highest BCUT2D eigenvalue weighted by Gasteiger charge is 2.33. The minimum absolute atomic E-state index is 0.0523. The first kappa shape index (κ1) is 17.0. The molecule has 1 aromatic carbocycles. The van der Waals surface area contributed by atoms with Gasteiger partial charge in [0.2, 0.25) is 0 Å². The van der Waals surface area contributed by atoms with Crippen molar-refractivity contribution in [3.05, 3.63) is 53.7 Å². The number of fused-ring (bicyclic) bond motifs is 1. The van der Waals surface area contributed by atoms with Crippen LogP contribution < -0.4 is 11.2 Å². The number of hydrogen-bond acceptors (Lipinski definition) is 4. The SMILES string of the molecule is Cc1nc2c(Cl)cc(Cl)c(-n3c(=O)cc(C(F)(F)F)[nH]c3=O)c2s1. The van der Waals surface area contributed by atoms with E-state index in [1.165, 1.54) is 6.07 Å². The van der Waals surface area contributed by atoms with Crippen LogP contribution in [0, 0.1) is 6.92 Å². The maximum absolute atomic E-state index is 12.7. The number of rotatable bonds is 1. The molecule has 3 aromatic rings. The van der Waals surface area contributed by atoms with Gasteiger partial charge in [-0.25, -0.2) is 14.3 Å². The Kier molecular flexibility index (Phi) is 3.97. The molecule has 0 saturated carbocycles. The number of alkyl halides is 3. The van der Waals surface area contributed by atoms with Crippen molar-refractivity contribution in [2.75, 3.05) is 0 Å². The van der Waals surface area contributed by atoms with Crippen molar-refractivity contribution in [2.45, 2.75) is 13.1 Å². The van der Waals surface area contributed by atoms with Gasteiger partial charge in [0.05, 0.1) is 25.4 Å². The molecule has 0 aliphatic heterocycles. The molecule has 0 atom stereocenters. The monoisotopic (exact) mass is 395 g/mol. The molecule has 0 amide bonds. The minimum atomic E-state index is -4.85. The molecule has 2 aromatic heterocycles. The molecule has 3 rings (SSSR count). The first-order chi connectivity index (χ1) is 11.1. The first-order valence-corrected chi connectivity index (χ1v) is 7.86. The maximum Gasteiger partial charge on any atom is 0.431 e. The molecule has 0 aliphatic carbocycles. The van der Waals surface area contributed by atoms with E-state index in [1.54, 1.807) is 11.9 Å². The highest BCUT2D eigenvalue weighted by atomic mass is 35.5. The Hall–Kier alpha value is -1.84. The lowest BCUT2D eigenvalue weighted by Gasteiger charge is -2.11. The zero-order chi connectivity index (χ0) is 17.8. The molecule has 126 valence electrons. The lowest BCUT2D eigenvalue weighted by Crippen LogP contribution is -2.36. The predicted octanol–water partition coefficient (Wildman–Crippen LogP) is 3.77. The lowest BCUT2D eigenvalue weighted by atomic mass is 10.2. The van der Waals surface area contributed by atoms with Crippen molar-refractivity contribution in [2.24, 2.45) is 0 Å². The van der Waals surface area contributed by atoms with Crippen molar-refractivity contribution >= 4 is 44.8 Å². The molecule has 0 radical (unpaired) electrons. The van der Waals surface area contributed by atoms with Gasteiger partial charge in [-0.3, -0.25) is 4.79 Å². The van der Waals surface area contributed by atoms with Crippen LogP contribution in [0.3, 0.4) is 0 Å². The third-order valence-electron chi connectivity index (χ3n) is 3.12. The number of nitrogens with zero attached hydrogens (tertiary/aromatic N) is 2. The lowest BCUT2D eigenvalue weighted by molar-refractivity contribution is -0.141. The second-order valence-electron chi connectivity index (χ2n) is 4.76. The number of H-pyrrole nitrogens is 1. The van der Waals surface area contributed by atoms with E-state index < -0.39 is 23.1 Å². The van der Waals surface area contributed by atoms with Gasteiger partial charge in [0, 0.05) is 6.07 Å². The van der Waals surface area contributed by atoms with Gasteiger partial charge in [0.15, 0.2) is 0 Å². The van der Waals surface area contributed by atoms with Crippen molar-refractivity contribution < 1.29 is 13.2 Å². The molecule has 0 spiro atoms. The number of aryl methyl sites for hydroxylation is 1. The van der Waals surface area contributed by atoms with Gasteiger partial charge in [0.25, 0.3) is 5.56 Å². The van der Waals surface area contributed by atoms with E-state index >= 15 is 0 Å². The Morgan fingerprint density at radius 2 is 1.88 bits per heavy atom. The van der Waals surface area contributed by atoms with E-state index in [1.807, 2.05) is 0 Å². The number of thiazole rings is 1. The van der Waals surface area contributed by atoms with Crippen molar-refractivity contribution in [3.63, 3.8) is 0 Å². The quantitative estimate of drug-likeness (QED) is 0.681. The van der Waals surface area contributed by atoms with Crippen molar-refractivity contribution in [3.8, 4) is 5.69 Å². The number of aromatic amines is 1. The fourth-order valence-corrected chi connectivity index (χ4v) is 3.86. The molecule has 24 heavy (non-hydrogen) atoms. The normalized spacial score (nSPS) is 12.1. The zero-order valence-corrected chi connectivity index (χ0v) is 14.0. The molecule has 0 fully saturated rings. The first-order valence-electron chi connectivity index (χ1n) is 6.28. The highest BCUT2D eigenvalue weighted by Crippen LogP contribution is 2.37. The molecule has 1 N–H and O–H groups in total. The van der Waals surface area contributed by atoms with Crippen LogP contribution in [0.1, 0.15) is 10.7 Å². The number of nitrogens with one attached hydrogen (secondary N) is 1. The fourth-order valence-electron chi connectivity index (χ4n) is 2.17. The van der Waals surface area contributed by atoms with Gasteiger partial charge >= 0.3 is 11.9 Å². The highest BCUT2D eigenvalue weighted by molar-refractivity contribution is 7.19. The van der Waals surface area contributed by atoms with E-state index in [9.17, 15) is 22.8 Å². The summed E-state index contributed by atoms with van der Waals surface area (Å²) >= 11 is 13.2. The third-order valence-corrected chi connectivity index (χ3v) is 4.67. The van der Waals surface area contributed by atoms with Crippen LogP contribution in [-0.2, 0) is 6.18 Å². The Labute approximate surface area is 145 Å². The zero-order valence-electron chi connectivity index (χ0n) is 11.7. The Morgan fingerprint density at radius 1 is 1.21 bits per heavy atom. The summed E-state index contributed by atoms with van der Waals surface area (Å²) in [6, 6.07) is 1.58. The maximum atomic E-state index is 12.7. The summed E-state index contributed by atoms with van der Waals surface area (Å²) in [5.41, 5.74) is -3.60. The summed E-state index contributed by atoms with van der Waals surface area (Å²) in [5, 5.41) is 0.745. The number of benzene rings is 1. The van der Waals surface area contributed by atoms with Gasteiger partial charge < -0.3 is 4.98 Å². The summed E-state index contributed by atoms with van der Waals surface area (Å²) in [6.45, 7) is 1.68. The smallest absolute Gasteiger partial charge is 0.303 e. The van der Waals surface area contributed by atoms with E-state index in [4.69, 9.17) is 23.2 Å². The molecule has 11 heteroatoms. The number of aromatic nitrogens is 3. The van der Waals surface area contributed by atoms with Crippen LogP contribution in [0.25, 0.3) is 15.9 Å². The van der Waals surface area contributed by atoms with E-state index in [-0.39, 0.29) is 15.7 Å². The Balaban J connectivity index is 2.42. The fraction of sp³-hybridized carbons (Fsp3) is 0.154. The van der Waals surface area contributed by atoms with Crippen LogP contribution in [0.4, 0.5) is 13.2 Å². The number of hydrogen-bond donors (Lipinski definition) is 1. The van der Waals surface area contributed by atoms with E-state index in [0.29, 0.717) is 25.9 Å². The van der Waals surface area contributed by atoms with E-state index in [2.05, 4.69) is 4.98 Å². The molecule has 2 heterocycles.